The fourth-order valence-corrected chi connectivity index (χ4v) is 8.30. The van der Waals surface area contributed by atoms with Crippen LogP contribution in [0.1, 0.15) is 67.9 Å². The number of ketones is 1. The van der Waals surface area contributed by atoms with Crippen LogP contribution in [0.2, 0.25) is 0 Å². The van der Waals surface area contributed by atoms with Crippen molar-refractivity contribution in [3.63, 3.8) is 0 Å². The van der Waals surface area contributed by atoms with Gasteiger partial charge >= 0.3 is 29.6 Å². The van der Waals surface area contributed by atoms with E-state index in [-0.39, 0.29) is 46.5 Å². The normalized spacial score (nSPS) is 14.2. The number of benzene rings is 4. The molecule has 0 aromatic heterocycles. The maximum Gasteiger partial charge on any atom is 1.00 e. The molecule has 0 bridgehead atoms. The Hall–Kier alpha value is -2.48. The third-order valence-electron chi connectivity index (χ3n) is 7.26. The van der Waals surface area contributed by atoms with Crippen LogP contribution in [-0.2, 0) is 5.41 Å². The second-order valence-electron chi connectivity index (χ2n) is 10.9. The van der Waals surface area contributed by atoms with E-state index < -0.39 is 7.92 Å². The third kappa shape index (κ3) is 6.31. The molecule has 0 unspecified atom stereocenters. The molecular weight excluding hydrogens is 506 g/mol. The molecule has 0 spiro atoms. The van der Waals surface area contributed by atoms with Crippen molar-refractivity contribution in [1.29, 1.82) is 0 Å². The predicted octanol–water partition coefficient (Wildman–Crippen LogP) is 4.03. The maximum atomic E-state index is 12.7. The fraction of sp³-hybridized carbons (Fsp3) is 0.229. The van der Waals surface area contributed by atoms with Crippen molar-refractivity contribution in [3.8, 4) is 5.75 Å². The number of hydrogen-bond donors (Lipinski definition) is 0. The van der Waals surface area contributed by atoms with Crippen LogP contribution < -0.4 is 50.6 Å². The summed E-state index contributed by atoms with van der Waals surface area (Å²) in [6.07, 6.45) is 4.50. The smallest absolute Gasteiger partial charge is 0.872 e. The Bertz CT molecular complexity index is 1430. The summed E-state index contributed by atoms with van der Waals surface area (Å²) >= 11 is 0. The number of Topliss-reactive ketones (excluding diaryl/α,β-unsaturated/α-hetero) is 1. The van der Waals surface area contributed by atoms with Crippen LogP contribution in [0.15, 0.2) is 109 Å². The molecule has 0 fully saturated rings. The van der Waals surface area contributed by atoms with Gasteiger partial charge in [0.25, 0.3) is 0 Å². The van der Waals surface area contributed by atoms with Crippen molar-refractivity contribution in [3.05, 3.63) is 125 Å². The Morgan fingerprint density at radius 1 is 0.641 bits per heavy atom. The van der Waals surface area contributed by atoms with Crippen molar-refractivity contribution in [2.75, 3.05) is 0 Å². The van der Waals surface area contributed by atoms with Crippen LogP contribution in [0, 0.1) is 0 Å². The van der Waals surface area contributed by atoms with Gasteiger partial charge in [-0.1, -0.05) is 124 Å². The molecule has 2 aliphatic carbocycles. The summed E-state index contributed by atoms with van der Waals surface area (Å²) in [5.41, 5.74) is 5.31. The molecule has 0 atom stereocenters. The van der Waals surface area contributed by atoms with E-state index in [1.54, 1.807) is 6.07 Å². The van der Waals surface area contributed by atoms with Gasteiger partial charge in [0.2, 0.25) is 0 Å². The minimum atomic E-state index is -0.747. The molecule has 6 rings (SSSR count). The van der Waals surface area contributed by atoms with E-state index in [1.807, 2.05) is 36.4 Å². The molecule has 0 aliphatic heterocycles. The van der Waals surface area contributed by atoms with Gasteiger partial charge in [-0.05, 0) is 71.6 Å². The zero-order chi connectivity index (χ0) is 26.7. The van der Waals surface area contributed by atoms with Gasteiger partial charge in [0.05, 0.1) is 0 Å². The van der Waals surface area contributed by atoms with Crippen LogP contribution >= 0.6 is 7.92 Å². The van der Waals surface area contributed by atoms with E-state index in [1.165, 1.54) is 39.9 Å². The standard InChI is InChI=1S/C22H23OP.C13H12O.Na/c1-22(2,3)21-19(23)15-10-16-20(21)24(17-11-6-4-7-12-17)18-13-8-5-9-14-18;14-13-11-7-3-1-5-9(11)10-6-2-4-8-12(10)13;/h4-16,23H,1-3H3;1,3,5,7H,2,4,6,8H2;/q;;+1/p-1. The number of carbonyl (C=O) groups excluding carboxylic acids is 1. The van der Waals surface area contributed by atoms with Crippen molar-refractivity contribution >= 4 is 35.2 Å². The first-order chi connectivity index (χ1) is 18.4. The minimum Gasteiger partial charge on any atom is -0.872 e. The molecule has 0 radical (unpaired) electrons. The SMILES string of the molecule is CC(C)(C)c1c([O-])cccc1P(c1ccccc1)c1ccccc1.O=C1C2=C(CCCC2)c2ccccc21.[Na+]. The van der Waals surface area contributed by atoms with E-state index in [0.29, 0.717) is 0 Å². The Morgan fingerprint density at radius 3 is 1.72 bits per heavy atom. The van der Waals surface area contributed by atoms with Gasteiger partial charge < -0.3 is 5.11 Å². The summed E-state index contributed by atoms with van der Waals surface area (Å²) in [6, 6.07) is 34.8. The summed E-state index contributed by atoms with van der Waals surface area (Å²) in [7, 11) is -0.747. The Balaban J connectivity index is 0.000000199. The number of rotatable bonds is 3. The average molecular weight is 541 g/mol. The van der Waals surface area contributed by atoms with Gasteiger partial charge in [-0.25, -0.2) is 0 Å². The molecule has 0 amide bonds. The third-order valence-corrected chi connectivity index (χ3v) is 9.75. The number of hydrogen-bond acceptors (Lipinski definition) is 2. The van der Waals surface area contributed by atoms with E-state index in [9.17, 15) is 9.90 Å². The van der Waals surface area contributed by atoms with Gasteiger partial charge in [-0.2, -0.15) is 0 Å². The minimum absolute atomic E-state index is 0. The van der Waals surface area contributed by atoms with Gasteiger partial charge in [-0.3, -0.25) is 4.79 Å². The number of fused-ring (bicyclic) bond motifs is 2. The maximum absolute atomic E-state index is 12.7. The summed E-state index contributed by atoms with van der Waals surface area (Å²) in [5.74, 6) is 0.426. The van der Waals surface area contributed by atoms with Crippen LogP contribution in [0.3, 0.4) is 0 Å². The van der Waals surface area contributed by atoms with E-state index in [0.717, 1.165) is 29.5 Å². The zero-order valence-electron chi connectivity index (χ0n) is 23.4. The van der Waals surface area contributed by atoms with Crippen molar-refractivity contribution in [2.24, 2.45) is 0 Å². The van der Waals surface area contributed by atoms with Gasteiger partial charge in [0.1, 0.15) is 0 Å². The number of carbonyl (C=O) groups is 1. The largest absolute Gasteiger partial charge is 1.00 e. The van der Waals surface area contributed by atoms with Crippen LogP contribution in [0.25, 0.3) is 5.57 Å². The monoisotopic (exact) mass is 540 g/mol. The predicted molar refractivity (Wildman–Crippen MR) is 159 cm³/mol. The van der Waals surface area contributed by atoms with E-state index in [2.05, 4.69) is 81.4 Å². The van der Waals surface area contributed by atoms with Gasteiger partial charge in [0, 0.05) is 11.1 Å². The second-order valence-corrected chi connectivity index (χ2v) is 13.1. The quantitative estimate of drug-likeness (QED) is 0.291. The Labute approximate surface area is 256 Å². The molecule has 4 heteroatoms. The van der Waals surface area contributed by atoms with Gasteiger partial charge in [-0.15, -0.1) is 5.75 Å². The van der Waals surface area contributed by atoms with E-state index >= 15 is 0 Å². The first kappa shape index (κ1) is 29.5. The fourth-order valence-electron chi connectivity index (χ4n) is 5.60. The molecule has 2 aliphatic rings. The molecule has 0 heterocycles. The molecule has 39 heavy (non-hydrogen) atoms. The number of allylic oxidation sites excluding steroid dienone is 2. The topological polar surface area (TPSA) is 40.1 Å². The van der Waals surface area contributed by atoms with Crippen LogP contribution in [-0.4, -0.2) is 5.78 Å². The van der Waals surface area contributed by atoms with Gasteiger partial charge in [0.15, 0.2) is 5.78 Å². The van der Waals surface area contributed by atoms with Crippen LogP contribution in [0.4, 0.5) is 0 Å². The molecule has 0 saturated carbocycles. The Morgan fingerprint density at radius 2 is 1.15 bits per heavy atom. The first-order valence-electron chi connectivity index (χ1n) is 13.4. The van der Waals surface area contributed by atoms with Crippen molar-refractivity contribution in [2.45, 2.75) is 51.9 Å². The van der Waals surface area contributed by atoms with E-state index in [4.69, 9.17) is 0 Å². The molecule has 4 aromatic rings. The Kier molecular flexibility index (Phi) is 9.68. The molecule has 0 N–H and O–H groups in total. The summed E-state index contributed by atoms with van der Waals surface area (Å²) in [5, 5.41) is 16.4. The molecule has 4 aromatic carbocycles. The molecule has 2 nitrogen and oxygen atoms in total. The molecule has 192 valence electrons. The van der Waals surface area contributed by atoms with Crippen LogP contribution in [0.5, 0.6) is 5.75 Å². The zero-order valence-corrected chi connectivity index (χ0v) is 26.3. The van der Waals surface area contributed by atoms with Crippen molar-refractivity contribution < 1.29 is 39.5 Å². The molecule has 0 saturated heterocycles. The first-order valence-corrected chi connectivity index (χ1v) is 14.8. The van der Waals surface area contributed by atoms with Crippen molar-refractivity contribution in [1.82, 2.24) is 0 Å². The summed E-state index contributed by atoms with van der Waals surface area (Å²) in [4.78, 5) is 12.0. The molecular formula is C35H34NaO2P. The average Bonchev–Trinajstić information content (AvgIpc) is 3.22. The second kappa shape index (κ2) is 12.8. The summed E-state index contributed by atoms with van der Waals surface area (Å²) in [6.45, 7) is 6.37. The summed E-state index contributed by atoms with van der Waals surface area (Å²) < 4.78 is 0.